The minimum Gasteiger partial charge on any atom is -0.463 e. The summed E-state index contributed by atoms with van der Waals surface area (Å²) in [7, 11) is 1.18. The van der Waals surface area contributed by atoms with Crippen LogP contribution in [0.15, 0.2) is 60.7 Å². The first-order valence-corrected chi connectivity index (χ1v) is 13.8. The standard InChI is InChI=1S/C15H20N2O2.C9H8O3.C6H15N3/c18-14(15(19)13-5-2-1-3-6-13)7-4-10-17-11-8-16-9-12-17;1-12-9(11)8(10)7-5-3-2-4-6-7;7-1-4-9-5-2-8-3-6-9/h1-3,5-6,16H,4,7-12H2;2-6H,1H3;8H,1-7H2. The maximum atomic E-state index is 11.9. The second kappa shape index (κ2) is 19.7. The van der Waals surface area contributed by atoms with Crippen LogP contribution in [0.25, 0.3) is 0 Å². The van der Waals surface area contributed by atoms with Crippen molar-refractivity contribution in [2.75, 3.05) is 79.1 Å². The SMILES string of the molecule is COC(=O)C(=O)c1ccccc1.NCCN1CCNCC1.O=C(CCCN1CCNCC1)C(=O)c1ccccc1. The van der Waals surface area contributed by atoms with Crippen molar-refractivity contribution < 1.29 is 23.9 Å². The molecule has 218 valence electrons. The highest BCUT2D eigenvalue weighted by Gasteiger charge is 2.17. The van der Waals surface area contributed by atoms with Crippen molar-refractivity contribution in [3.8, 4) is 0 Å². The smallest absolute Gasteiger partial charge is 0.379 e. The molecule has 2 aliphatic heterocycles. The molecule has 10 heteroatoms. The van der Waals surface area contributed by atoms with Crippen molar-refractivity contribution in [2.24, 2.45) is 5.73 Å². The van der Waals surface area contributed by atoms with Gasteiger partial charge in [-0.3, -0.25) is 19.3 Å². The summed E-state index contributed by atoms with van der Waals surface area (Å²) in [6.07, 6.45) is 1.11. The van der Waals surface area contributed by atoms with Crippen LogP contribution in [0.1, 0.15) is 33.6 Å². The highest BCUT2D eigenvalue weighted by atomic mass is 16.5. The summed E-state index contributed by atoms with van der Waals surface area (Å²) in [4.78, 5) is 50.2. The number of ketones is 3. The van der Waals surface area contributed by atoms with E-state index in [1.807, 2.05) is 6.07 Å². The number of hydrogen-bond donors (Lipinski definition) is 3. The van der Waals surface area contributed by atoms with Gasteiger partial charge in [-0.15, -0.1) is 0 Å². The van der Waals surface area contributed by atoms with E-state index in [0.29, 0.717) is 17.5 Å². The Kier molecular flexibility index (Phi) is 16.2. The third kappa shape index (κ3) is 12.7. The molecule has 0 spiro atoms. The Morgan fingerprint density at radius 2 is 1.18 bits per heavy atom. The van der Waals surface area contributed by atoms with Gasteiger partial charge in [0.15, 0.2) is 0 Å². The van der Waals surface area contributed by atoms with Gasteiger partial charge in [0.25, 0.3) is 5.78 Å². The van der Waals surface area contributed by atoms with Crippen LogP contribution < -0.4 is 16.4 Å². The average Bonchev–Trinajstić information content (AvgIpc) is 3.02. The third-order valence-corrected chi connectivity index (χ3v) is 6.44. The molecule has 0 unspecified atom stereocenters. The summed E-state index contributed by atoms with van der Waals surface area (Å²) in [5.41, 5.74) is 6.24. The molecule has 0 bridgehead atoms. The van der Waals surface area contributed by atoms with E-state index in [2.05, 4.69) is 25.2 Å². The zero-order valence-electron chi connectivity index (χ0n) is 23.5. The van der Waals surface area contributed by atoms with Crippen molar-refractivity contribution in [1.82, 2.24) is 20.4 Å². The summed E-state index contributed by atoms with van der Waals surface area (Å²) in [5, 5.41) is 6.58. The van der Waals surface area contributed by atoms with Gasteiger partial charge in [0, 0.05) is 83.0 Å². The Balaban J connectivity index is 0.000000228. The summed E-state index contributed by atoms with van der Waals surface area (Å²) in [6, 6.07) is 17.1. The summed E-state index contributed by atoms with van der Waals surface area (Å²) in [6.45, 7) is 11.4. The molecule has 0 saturated carbocycles. The molecule has 2 aliphatic rings. The molecule has 2 aromatic rings. The fourth-order valence-electron chi connectivity index (χ4n) is 4.18. The highest BCUT2D eigenvalue weighted by molar-refractivity contribution is 6.43. The fraction of sp³-hybridized carbons (Fsp3) is 0.467. The van der Waals surface area contributed by atoms with Gasteiger partial charge in [-0.25, -0.2) is 4.79 Å². The van der Waals surface area contributed by atoms with Crippen molar-refractivity contribution in [3.05, 3.63) is 71.8 Å². The van der Waals surface area contributed by atoms with E-state index in [0.717, 1.165) is 78.4 Å². The van der Waals surface area contributed by atoms with Crippen molar-refractivity contribution >= 4 is 23.3 Å². The largest absolute Gasteiger partial charge is 0.463 e. The molecule has 2 saturated heterocycles. The van der Waals surface area contributed by atoms with E-state index < -0.39 is 11.8 Å². The quantitative estimate of drug-likeness (QED) is 0.222. The number of hydrogen-bond acceptors (Lipinski definition) is 10. The fourth-order valence-corrected chi connectivity index (χ4v) is 4.18. The number of benzene rings is 2. The van der Waals surface area contributed by atoms with E-state index in [4.69, 9.17) is 5.73 Å². The van der Waals surface area contributed by atoms with E-state index in [-0.39, 0.29) is 11.6 Å². The molecule has 4 N–H and O–H groups in total. The van der Waals surface area contributed by atoms with E-state index in [1.54, 1.807) is 54.6 Å². The average molecular weight is 554 g/mol. The van der Waals surface area contributed by atoms with Gasteiger partial charge >= 0.3 is 5.97 Å². The van der Waals surface area contributed by atoms with E-state index in [9.17, 15) is 19.2 Å². The number of ether oxygens (including phenoxy) is 1. The predicted octanol–water partition coefficient (Wildman–Crippen LogP) is 1.02. The lowest BCUT2D eigenvalue weighted by atomic mass is 10.0. The molecule has 10 nitrogen and oxygen atoms in total. The monoisotopic (exact) mass is 553 g/mol. The summed E-state index contributed by atoms with van der Waals surface area (Å²) < 4.78 is 4.28. The maximum absolute atomic E-state index is 11.9. The lowest BCUT2D eigenvalue weighted by molar-refractivity contribution is -0.135. The number of methoxy groups -OCH3 is 1. The number of carbonyl (C=O) groups is 4. The zero-order chi connectivity index (χ0) is 29.0. The minimum atomic E-state index is -0.832. The van der Waals surface area contributed by atoms with E-state index in [1.165, 1.54) is 7.11 Å². The van der Waals surface area contributed by atoms with Crippen LogP contribution in [0.4, 0.5) is 0 Å². The highest BCUT2D eigenvalue weighted by Crippen LogP contribution is 2.05. The Bertz CT molecular complexity index is 1020. The lowest BCUT2D eigenvalue weighted by Gasteiger charge is -2.26. The number of nitrogens with zero attached hydrogens (tertiary/aromatic N) is 2. The number of rotatable bonds is 10. The van der Waals surface area contributed by atoms with Crippen LogP contribution in [0.2, 0.25) is 0 Å². The van der Waals surface area contributed by atoms with Crippen molar-refractivity contribution in [3.63, 3.8) is 0 Å². The van der Waals surface area contributed by atoms with Gasteiger partial charge < -0.3 is 26.0 Å². The van der Waals surface area contributed by atoms with E-state index >= 15 is 0 Å². The number of piperazine rings is 2. The molecule has 2 aromatic carbocycles. The van der Waals surface area contributed by atoms with Crippen LogP contribution in [0.3, 0.4) is 0 Å². The van der Waals surface area contributed by atoms with Crippen LogP contribution in [-0.2, 0) is 14.3 Å². The van der Waals surface area contributed by atoms with Crippen LogP contribution in [0.5, 0.6) is 0 Å². The molecule has 0 radical (unpaired) electrons. The van der Waals surface area contributed by atoms with Gasteiger partial charge in [0.1, 0.15) is 0 Å². The number of carbonyl (C=O) groups excluding carboxylic acids is 4. The minimum absolute atomic E-state index is 0.277. The van der Waals surface area contributed by atoms with Gasteiger partial charge in [0.05, 0.1) is 7.11 Å². The Morgan fingerprint density at radius 3 is 1.62 bits per heavy atom. The number of esters is 1. The first-order chi connectivity index (χ1) is 19.5. The van der Waals surface area contributed by atoms with Crippen molar-refractivity contribution in [1.29, 1.82) is 0 Å². The first kappa shape index (κ1) is 32.9. The summed E-state index contributed by atoms with van der Waals surface area (Å²) >= 11 is 0. The predicted molar refractivity (Wildman–Crippen MR) is 155 cm³/mol. The molecular weight excluding hydrogens is 510 g/mol. The molecule has 0 aliphatic carbocycles. The van der Waals surface area contributed by atoms with Gasteiger partial charge in [-0.1, -0.05) is 60.7 Å². The molecule has 40 heavy (non-hydrogen) atoms. The molecule has 2 heterocycles. The Hall–Kier alpha value is -3.28. The molecule has 4 rings (SSSR count). The Morgan fingerprint density at radius 1 is 0.725 bits per heavy atom. The van der Waals surface area contributed by atoms with Gasteiger partial charge in [0.2, 0.25) is 11.6 Å². The molecular formula is C30H43N5O5. The van der Waals surface area contributed by atoms with Crippen LogP contribution in [-0.4, -0.2) is 112 Å². The number of Topliss-reactive ketones (excluding diaryl/α,β-unsaturated/α-hetero) is 3. The molecule has 2 fully saturated rings. The first-order valence-electron chi connectivity index (χ1n) is 13.8. The molecule has 0 atom stereocenters. The molecule has 0 amide bonds. The normalized spacial score (nSPS) is 15.4. The second-order valence-corrected chi connectivity index (χ2v) is 9.38. The lowest BCUT2D eigenvalue weighted by Crippen LogP contribution is -2.45. The van der Waals surface area contributed by atoms with Gasteiger partial charge in [-0.2, -0.15) is 0 Å². The zero-order valence-corrected chi connectivity index (χ0v) is 23.5. The number of nitrogens with one attached hydrogen (secondary N) is 2. The summed E-state index contributed by atoms with van der Waals surface area (Å²) in [5.74, 6) is -2.08. The Labute approximate surface area is 237 Å². The van der Waals surface area contributed by atoms with Crippen LogP contribution in [0, 0.1) is 0 Å². The van der Waals surface area contributed by atoms with Crippen molar-refractivity contribution in [2.45, 2.75) is 12.8 Å². The maximum Gasteiger partial charge on any atom is 0.379 e. The van der Waals surface area contributed by atoms with Gasteiger partial charge in [-0.05, 0) is 13.0 Å². The molecule has 0 aromatic heterocycles. The second-order valence-electron chi connectivity index (χ2n) is 9.38. The van der Waals surface area contributed by atoms with Crippen LogP contribution >= 0.6 is 0 Å². The third-order valence-electron chi connectivity index (χ3n) is 6.44. The number of nitrogens with two attached hydrogens (primary N) is 1. The topological polar surface area (TPSA) is 134 Å².